The van der Waals surface area contributed by atoms with Crippen LogP contribution in [0, 0.1) is 5.92 Å². The van der Waals surface area contributed by atoms with Gasteiger partial charge < -0.3 is 15.0 Å². The number of hydrogen-bond acceptors (Lipinski definition) is 4. The van der Waals surface area contributed by atoms with Gasteiger partial charge >= 0.3 is 6.03 Å². The highest BCUT2D eigenvalue weighted by Gasteiger charge is 2.22. The van der Waals surface area contributed by atoms with Crippen LogP contribution in [0.25, 0.3) is 0 Å². The largest absolute Gasteiger partial charge is 0.497 e. The number of methoxy groups -OCH3 is 1. The maximum atomic E-state index is 12.4. The average molecular weight is 372 g/mol. The third-order valence-electron chi connectivity index (χ3n) is 4.61. The molecule has 1 aliphatic rings. The predicted molar refractivity (Wildman–Crippen MR) is 104 cm³/mol. The summed E-state index contributed by atoms with van der Waals surface area (Å²) in [6, 6.07) is 13.8. The summed E-state index contributed by atoms with van der Waals surface area (Å²) < 4.78 is 5.15. The quantitative estimate of drug-likeness (QED) is 0.785. The van der Waals surface area contributed by atoms with Crippen molar-refractivity contribution in [1.29, 1.82) is 0 Å². The molecule has 2 heterocycles. The summed E-state index contributed by atoms with van der Waals surface area (Å²) in [6.07, 6.45) is 3.93. The van der Waals surface area contributed by atoms with Crippen LogP contribution in [0.3, 0.4) is 0 Å². The topological polar surface area (TPSA) is 54.5 Å². The fourth-order valence-corrected chi connectivity index (χ4v) is 4.02. The molecule has 1 saturated heterocycles. The van der Waals surface area contributed by atoms with Crippen LogP contribution < -0.4 is 10.1 Å². The number of piperidine rings is 1. The third kappa shape index (κ3) is 5.39. The Labute approximate surface area is 159 Å². The number of likely N-dealkylation sites (tertiary alicyclic amines) is 1. The van der Waals surface area contributed by atoms with Crippen LogP contribution in [0.15, 0.2) is 53.7 Å². The van der Waals surface area contributed by atoms with E-state index in [0.717, 1.165) is 48.0 Å². The molecule has 1 aromatic heterocycles. The second-order valence-corrected chi connectivity index (χ2v) is 7.46. The number of hydrogen-bond donors (Lipinski definition) is 1. The van der Waals surface area contributed by atoms with Crippen molar-refractivity contribution in [3.05, 3.63) is 54.2 Å². The number of ether oxygens (including phenoxy) is 1. The van der Waals surface area contributed by atoms with Gasteiger partial charge in [0.05, 0.1) is 12.1 Å². The molecule has 0 saturated carbocycles. The summed E-state index contributed by atoms with van der Waals surface area (Å²) in [5.41, 5.74) is 1.07. The molecule has 3 rings (SSSR count). The van der Waals surface area contributed by atoms with E-state index in [2.05, 4.69) is 10.3 Å². The van der Waals surface area contributed by atoms with E-state index >= 15 is 0 Å². The minimum absolute atomic E-state index is 0.0247. The van der Waals surface area contributed by atoms with Crippen molar-refractivity contribution in [2.75, 3.05) is 26.0 Å². The maximum Gasteiger partial charge on any atom is 0.317 e. The zero-order valence-electron chi connectivity index (χ0n) is 15.1. The summed E-state index contributed by atoms with van der Waals surface area (Å²) in [4.78, 5) is 18.6. The SMILES string of the molecule is COc1ccc(CNC(=O)N2CCC(CSc3ccccn3)CC2)cc1. The third-order valence-corrected chi connectivity index (χ3v) is 5.78. The molecule has 2 aromatic rings. The smallest absolute Gasteiger partial charge is 0.317 e. The lowest BCUT2D eigenvalue weighted by Crippen LogP contribution is -2.44. The fourth-order valence-electron chi connectivity index (χ4n) is 2.97. The van der Waals surface area contributed by atoms with E-state index < -0.39 is 0 Å². The normalized spacial score (nSPS) is 14.9. The lowest BCUT2D eigenvalue weighted by molar-refractivity contribution is 0.174. The number of carbonyl (C=O) groups excluding carboxylic acids is 1. The number of rotatable bonds is 6. The molecule has 0 atom stereocenters. The van der Waals surface area contributed by atoms with E-state index in [-0.39, 0.29) is 6.03 Å². The molecular weight excluding hydrogens is 346 g/mol. The van der Waals surface area contributed by atoms with Gasteiger partial charge in [-0.2, -0.15) is 0 Å². The number of carbonyl (C=O) groups is 1. The second kappa shape index (κ2) is 9.48. The van der Waals surface area contributed by atoms with Gasteiger partial charge in [-0.25, -0.2) is 9.78 Å². The highest BCUT2D eigenvalue weighted by atomic mass is 32.2. The summed E-state index contributed by atoms with van der Waals surface area (Å²) in [5, 5.41) is 4.09. The van der Waals surface area contributed by atoms with Gasteiger partial charge in [0.1, 0.15) is 5.75 Å². The Balaban J connectivity index is 1.37. The highest BCUT2D eigenvalue weighted by Crippen LogP contribution is 2.25. The average Bonchev–Trinajstić information content (AvgIpc) is 2.72. The molecule has 1 N–H and O–H groups in total. The van der Waals surface area contributed by atoms with Crippen LogP contribution >= 0.6 is 11.8 Å². The van der Waals surface area contributed by atoms with E-state index in [1.807, 2.05) is 53.6 Å². The van der Waals surface area contributed by atoms with Crippen molar-refractivity contribution in [3.8, 4) is 5.75 Å². The van der Waals surface area contributed by atoms with Gasteiger partial charge in [-0.1, -0.05) is 18.2 Å². The van der Waals surface area contributed by atoms with Crippen molar-refractivity contribution in [1.82, 2.24) is 15.2 Å². The van der Waals surface area contributed by atoms with Crippen LogP contribution in [-0.4, -0.2) is 41.9 Å². The van der Waals surface area contributed by atoms with Crippen molar-refractivity contribution < 1.29 is 9.53 Å². The van der Waals surface area contributed by atoms with Crippen molar-refractivity contribution in [2.45, 2.75) is 24.4 Å². The van der Waals surface area contributed by atoms with Crippen LogP contribution in [0.2, 0.25) is 0 Å². The van der Waals surface area contributed by atoms with Crippen LogP contribution in [-0.2, 0) is 6.54 Å². The van der Waals surface area contributed by atoms with Crippen LogP contribution in [0.5, 0.6) is 5.75 Å². The van der Waals surface area contributed by atoms with Gasteiger partial charge in [0.2, 0.25) is 0 Å². The molecule has 0 bridgehead atoms. The van der Waals surface area contributed by atoms with E-state index in [9.17, 15) is 4.79 Å². The maximum absolute atomic E-state index is 12.4. The van der Waals surface area contributed by atoms with Crippen molar-refractivity contribution in [3.63, 3.8) is 0 Å². The Morgan fingerprint density at radius 1 is 1.23 bits per heavy atom. The molecule has 1 fully saturated rings. The molecule has 138 valence electrons. The Bertz CT molecular complexity index is 686. The first-order chi connectivity index (χ1) is 12.7. The second-order valence-electron chi connectivity index (χ2n) is 6.42. The molecule has 1 aliphatic heterocycles. The van der Waals surface area contributed by atoms with E-state index in [4.69, 9.17) is 4.74 Å². The number of nitrogens with zero attached hydrogens (tertiary/aromatic N) is 2. The molecule has 5 nitrogen and oxygen atoms in total. The summed E-state index contributed by atoms with van der Waals surface area (Å²) >= 11 is 1.81. The van der Waals surface area contributed by atoms with Gasteiger partial charge in [-0.05, 0) is 48.6 Å². The predicted octanol–water partition coefficient (Wildman–Crippen LogP) is 3.80. The molecule has 0 spiro atoms. The van der Waals surface area contributed by atoms with E-state index in [1.165, 1.54) is 0 Å². The van der Waals surface area contributed by atoms with E-state index in [0.29, 0.717) is 12.5 Å². The Kier molecular flexibility index (Phi) is 6.77. The lowest BCUT2D eigenvalue weighted by Gasteiger charge is -2.31. The summed E-state index contributed by atoms with van der Waals surface area (Å²) in [7, 11) is 1.65. The van der Waals surface area contributed by atoms with Gasteiger partial charge in [0.25, 0.3) is 0 Å². The number of aromatic nitrogens is 1. The first-order valence-corrected chi connectivity index (χ1v) is 9.92. The van der Waals surface area contributed by atoms with Crippen molar-refractivity contribution >= 4 is 17.8 Å². The Morgan fingerprint density at radius 3 is 2.65 bits per heavy atom. The molecule has 0 aliphatic carbocycles. The lowest BCUT2D eigenvalue weighted by atomic mass is 9.99. The van der Waals surface area contributed by atoms with Crippen LogP contribution in [0.4, 0.5) is 4.79 Å². The minimum atomic E-state index is 0.0247. The summed E-state index contributed by atoms with van der Waals surface area (Å²) in [5.74, 6) is 2.54. The Hall–Kier alpha value is -2.21. The molecule has 6 heteroatoms. The molecule has 0 unspecified atom stereocenters. The number of nitrogens with one attached hydrogen (secondary N) is 1. The molecule has 26 heavy (non-hydrogen) atoms. The molecule has 0 radical (unpaired) electrons. The number of amides is 2. The first-order valence-electron chi connectivity index (χ1n) is 8.94. The van der Waals surface area contributed by atoms with Gasteiger partial charge in [-0.3, -0.25) is 0 Å². The van der Waals surface area contributed by atoms with Crippen LogP contribution in [0.1, 0.15) is 18.4 Å². The first kappa shape index (κ1) is 18.6. The number of benzene rings is 1. The number of pyridine rings is 1. The summed E-state index contributed by atoms with van der Waals surface area (Å²) in [6.45, 7) is 2.18. The minimum Gasteiger partial charge on any atom is -0.497 e. The monoisotopic (exact) mass is 371 g/mol. The van der Waals surface area contributed by atoms with E-state index in [1.54, 1.807) is 18.9 Å². The number of urea groups is 1. The van der Waals surface area contributed by atoms with Gasteiger partial charge in [-0.15, -0.1) is 11.8 Å². The zero-order valence-corrected chi connectivity index (χ0v) is 15.9. The highest BCUT2D eigenvalue weighted by molar-refractivity contribution is 7.99. The van der Waals surface area contributed by atoms with Gasteiger partial charge in [0.15, 0.2) is 0 Å². The van der Waals surface area contributed by atoms with Crippen molar-refractivity contribution in [2.24, 2.45) is 5.92 Å². The molecular formula is C20H25N3O2S. The molecule has 2 amide bonds. The van der Waals surface area contributed by atoms with Gasteiger partial charge in [0, 0.05) is 31.6 Å². The standard InChI is InChI=1S/C20H25N3O2S/c1-25-18-7-5-16(6-8-18)14-22-20(24)23-12-9-17(10-13-23)15-26-19-4-2-3-11-21-19/h2-8,11,17H,9-10,12-15H2,1H3,(H,22,24). The molecule has 1 aromatic carbocycles. The number of thioether (sulfide) groups is 1. The fraction of sp³-hybridized carbons (Fsp3) is 0.400. The zero-order chi connectivity index (χ0) is 18.2. The Morgan fingerprint density at radius 2 is 2.00 bits per heavy atom.